The second-order valence-corrected chi connectivity index (χ2v) is 4.85. The summed E-state index contributed by atoms with van der Waals surface area (Å²) in [4.78, 5) is 4.18. The Labute approximate surface area is 120 Å². The van der Waals surface area contributed by atoms with Crippen molar-refractivity contribution >= 4 is 0 Å². The van der Waals surface area contributed by atoms with Gasteiger partial charge in [-0.1, -0.05) is 24.2 Å². The van der Waals surface area contributed by atoms with Gasteiger partial charge in [-0.3, -0.25) is 0 Å². The highest BCUT2D eigenvalue weighted by atomic mass is 19.4. The van der Waals surface area contributed by atoms with Gasteiger partial charge < -0.3 is 10.3 Å². The molecular formula is C14H16F3N3O. The zero-order valence-electron chi connectivity index (χ0n) is 11.5. The van der Waals surface area contributed by atoms with E-state index < -0.39 is 11.7 Å². The van der Waals surface area contributed by atoms with Crippen LogP contribution in [-0.4, -0.2) is 16.2 Å². The Balaban J connectivity index is 2.02. The lowest BCUT2D eigenvalue weighted by Crippen LogP contribution is -2.22. The Kier molecular flexibility index (Phi) is 4.62. The van der Waals surface area contributed by atoms with E-state index in [1.165, 1.54) is 12.1 Å². The van der Waals surface area contributed by atoms with E-state index in [1.807, 2.05) is 6.92 Å². The molecule has 0 saturated heterocycles. The Morgan fingerprint density at radius 2 is 1.90 bits per heavy atom. The fourth-order valence-corrected chi connectivity index (χ4v) is 1.81. The van der Waals surface area contributed by atoms with Crippen LogP contribution in [0.3, 0.4) is 0 Å². The number of benzene rings is 1. The highest BCUT2D eigenvalue weighted by Crippen LogP contribution is 2.29. The van der Waals surface area contributed by atoms with Gasteiger partial charge in [-0.25, -0.2) is 0 Å². The lowest BCUT2D eigenvalue weighted by molar-refractivity contribution is -0.137. The molecule has 1 aromatic heterocycles. The van der Waals surface area contributed by atoms with E-state index in [4.69, 9.17) is 10.3 Å². The third-order valence-electron chi connectivity index (χ3n) is 3.12. The molecule has 1 aromatic carbocycles. The molecule has 2 rings (SSSR count). The summed E-state index contributed by atoms with van der Waals surface area (Å²) in [6, 6.07) is 4.87. The van der Waals surface area contributed by atoms with Gasteiger partial charge in [0.15, 0.2) is 5.82 Å². The third kappa shape index (κ3) is 4.29. The zero-order valence-corrected chi connectivity index (χ0v) is 11.5. The number of halogens is 3. The molecule has 1 heterocycles. The summed E-state index contributed by atoms with van der Waals surface area (Å²) in [6.45, 7) is 1.97. The summed E-state index contributed by atoms with van der Waals surface area (Å²) in [5, 5.41) is 3.81. The highest BCUT2D eigenvalue weighted by molar-refractivity contribution is 5.26. The minimum atomic E-state index is -4.33. The van der Waals surface area contributed by atoms with Gasteiger partial charge in [-0.15, -0.1) is 0 Å². The second-order valence-electron chi connectivity index (χ2n) is 4.85. The van der Waals surface area contributed by atoms with Crippen LogP contribution in [0.5, 0.6) is 0 Å². The fourth-order valence-electron chi connectivity index (χ4n) is 1.81. The van der Waals surface area contributed by atoms with Gasteiger partial charge in [0.1, 0.15) is 0 Å². The summed E-state index contributed by atoms with van der Waals surface area (Å²) in [7, 11) is 0. The summed E-state index contributed by atoms with van der Waals surface area (Å²) in [5.41, 5.74) is 5.80. The van der Waals surface area contributed by atoms with Crippen molar-refractivity contribution in [3.8, 4) is 0 Å². The van der Waals surface area contributed by atoms with Crippen LogP contribution in [0.2, 0.25) is 0 Å². The van der Waals surface area contributed by atoms with Crippen LogP contribution in [0.25, 0.3) is 0 Å². The number of aromatic nitrogens is 2. The summed E-state index contributed by atoms with van der Waals surface area (Å²) in [5.74, 6) is 0.888. The van der Waals surface area contributed by atoms with E-state index >= 15 is 0 Å². The van der Waals surface area contributed by atoms with Crippen molar-refractivity contribution in [2.24, 2.45) is 5.73 Å². The first kappa shape index (κ1) is 15.5. The maximum absolute atomic E-state index is 12.5. The maximum atomic E-state index is 12.5. The SMILES string of the molecule is CCC(N)Cc1noc(Cc2ccc(C(F)(F)F)cc2)n1. The first-order chi connectivity index (χ1) is 9.88. The Morgan fingerprint density at radius 1 is 1.24 bits per heavy atom. The number of nitrogens with two attached hydrogens (primary N) is 1. The van der Waals surface area contributed by atoms with E-state index in [0.29, 0.717) is 30.1 Å². The van der Waals surface area contributed by atoms with E-state index in [1.54, 1.807) is 0 Å². The normalized spacial score (nSPS) is 13.4. The lowest BCUT2D eigenvalue weighted by atomic mass is 10.1. The van der Waals surface area contributed by atoms with Crippen LogP contribution >= 0.6 is 0 Å². The molecule has 4 nitrogen and oxygen atoms in total. The molecule has 0 radical (unpaired) electrons. The van der Waals surface area contributed by atoms with Crippen molar-refractivity contribution in [1.29, 1.82) is 0 Å². The average Bonchev–Trinajstić information content (AvgIpc) is 2.85. The van der Waals surface area contributed by atoms with Crippen LogP contribution in [0.1, 0.15) is 36.2 Å². The molecular weight excluding hydrogens is 283 g/mol. The predicted octanol–water partition coefficient (Wildman–Crippen LogP) is 2.96. The molecule has 0 fully saturated rings. The number of alkyl halides is 3. The monoisotopic (exact) mass is 299 g/mol. The number of hydrogen-bond donors (Lipinski definition) is 1. The molecule has 0 aliphatic carbocycles. The maximum Gasteiger partial charge on any atom is 0.416 e. The molecule has 0 saturated carbocycles. The van der Waals surface area contributed by atoms with Gasteiger partial charge in [0, 0.05) is 12.5 Å². The van der Waals surface area contributed by atoms with Crippen molar-refractivity contribution in [3.63, 3.8) is 0 Å². The zero-order chi connectivity index (χ0) is 15.5. The van der Waals surface area contributed by atoms with Gasteiger partial charge in [0.2, 0.25) is 5.89 Å². The third-order valence-corrected chi connectivity index (χ3v) is 3.12. The molecule has 0 bridgehead atoms. The van der Waals surface area contributed by atoms with Crippen molar-refractivity contribution in [2.75, 3.05) is 0 Å². The predicted molar refractivity (Wildman–Crippen MR) is 70.5 cm³/mol. The molecule has 21 heavy (non-hydrogen) atoms. The Bertz CT molecular complexity index is 578. The Morgan fingerprint density at radius 3 is 2.48 bits per heavy atom. The van der Waals surface area contributed by atoms with Crippen molar-refractivity contribution in [1.82, 2.24) is 10.1 Å². The topological polar surface area (TPSA) is 64.9 Å². The largest absolute Gasteiger partial charge is 0.416 e. The molecule has 1 atom stereocenters. The van der Waals surface area contributed by atoms with E-state index in [0.717, 1.165) is 18.6 Å². The number of nitrogens with zero attached hydrogens (tertiary/aromatic N) is 2. The number of rotatable bonds is 5. The minimum absolute atomic E-state index is 0.0264. The molecule has 2 N–H and O–H groups in total. The first-order valence-electron chi connectivity index (χ1n) is 6.61. The second kappa shape index (κ2) is 6.26. The minimum Gasteiger partial charge on any atom is -0.339 e. The fraction of sp³-hybridized carbons (Fsp3) is 0.429. The standard InChI is InChI=1S/C14H16F3N3O/c1-2-11(18)8-12-19-13(21-20-12)7-9-3-5-10(6-4-9)14(15,16)17/h3-6,11H,2,7-8,18H2,1H3. The van der Waals surface area contributed by atoms with E-state index in [2.05, 4.69) is 10.1 Å². The van der Waals surface area contributed by atoms with Gasteiger partial charge in [0.25, 0.3) is 0 Å². The summed E-state index contributed by atoms with van der Waals surface area (Å²) >= 11 is 0. The van der Waals surface area contributed by atoms with Crippen LogP contribution in [-0.2, 0) is 19.0 Å². The van der Waals surface area contributed by atoms with Crippen LogP contribution < -0.4 is 5.73 Å². The van der Waals surface area contributed by atoms with Gasteiger partial charge in [0.05, 0.1) is 12.0 Å². The highest BCUT2D eigenvalue weighted by Gasteiger charge is 2.29. The molecule has 7 heteroatoms. The summed E-state index contributed by atoms with van der Waals surface area (Å²) < 4.78 is 42.4. The molecule has 2 aromatic rings. The van der Waals surface area contributed by atoms with Crippen LogP contribution in [0.15, 0.2) is 28.8 Å². The quantitative estimate of drug-likeness (QED) is 0.922. The summed E-state index contributed by atoms with van der Waals surface area (Å²) in [6.07, 6.45) is -2.70. The van der Waals surface area contributed by atoms with Gasteiger partial charge >= 0.3 is 6.18 Å². The van der Waals surface area contributed by atoms with Gasteiger partial charge in [-0.05, 0) is 24.1 Å². The van der Waals surface area contributed by atoms with E-state index in [-0.39, 0.29) is 6.04 Å². The molecule has 0 aliphatic heterocycles. The van der Waals surface area contributed by atoms with Crippen LogP contribution in [0, 0.1) is 0 Å². The molecule has 0 spiro atoms. The van der Waals surface area contributed by atoms with Gasteiger partial charge in [-0.2, -0.15) is 18.2 Å². The van der Waals surface area contributed by atoms with E-state index in [9.17, 15) is 13.2 Å². The molecule has 0 amide bonds. The number of hydrogen-bond acceptors (Lipinski definition) is 4. The van der Waals surface area contributed by atoms with Crippen molar-refractivity contribution in [3.05, 3.63) is 47.1 Å². The van der Waals surface area contributed by atoms with Crippen LogP contribution in [0.4, 0.5) is 13.2 Å². The molecule has 1 unspecified atom stereocenters. The average molecular weight is 299 g/mol. The Hall–Kier alpha value is -1.89. The first-order valence-corrected chi connectivity index (χ1v) is 6.61. The van der Waals surface area contributed by atoms with Crippen molar-refractivity contribution in [2.45, 2.75) is 38.4 Å². The smallest absolute Gasteiger partial charge is 0.339 e. The lowest BCUT2D eigenvalue weighted by Gasteiger charge is -2.06. The molecule has 0 aliphatic rings. The van der Waals surface area contributed by atoms with Crippen molar-refractivity contribution < 1.29 is 17.7 Å². The molecule has 114 valence electrons.